The maximum atomic E-state index is 5.96. The van der Waals surface area contributed by atoms with Gasteiger partial charge in [0.1, 0.15) is 11.9 Å². The lowest BCUT2D eigenvalue weighted by molar-refractivity contribution is 0.201. The summed E-state index contributed by atoms with van der Waals surface area (Å²) < 4.78 is 5.96. The van der Waals surface area contributed by atoms with Crippen molar-refractivity contribution in [1.82, 2.24) is 4.90 Å². The molecule has 1 aromatic carbocycles. The van der Waals surface area contributed by atoms with Crippen molar-refractivity contribution in [2.45, 2.75) is 45.1 Å². The van der Waals surface area contributed by atoms with Crippen LogP contribution in [0, 0.1) is 0 Å². The molecule has 3 heteroatoms. The number of rotatable bonds is 4. The lowest BCUT2D eigenvalue weighted by atomic mass is 10.1. The molecule has 0 saturated carbocycles. The maximum absolute atomic E-state index is 5.96. The van der Waals surface area contributed by atoms with E-state index < -0.39 is 0 Å². The summed E-state index contributed by atoms with van der Waals surface area (Å²) in [5.74, 6) is 1.02. The Kier molecular flexibility index (Phi) is 4.46. The van der Waals surface area contributed by atoms with Gasteiger partial charge in [0, 0.05) is 6.54 Å². The predicted octanol–water partition coefficient (Wildman–Crippen LogP) is 3.30. The number of nitrogens with zero attached hydrogens (tertiary/aromatic N) is 1. The van der Waals surface area contributed by atoms with Crippen LogP contribution >= 0.6 is 0 Å². The average Bonchev–Trinajstić information content (AvgIpc) is 2.53. The summed E-state index contributed by atoms with van der Waals surface area (Å²) in [4.78, 5) is 2.60. The summed E-state index contributed by atoms with van der Waals surface area (Å²) >= 11 is 0. The third-order valence-electron chi connectivity index (χ3n) is 4.48. The van der Waals surface area contributed by atoms with Crippen LogP contribution < -0.4 is 10.1 Å². The van der Waals surface area contributed by atoms with Crippen molar-refractivity contribution in [3.05, 3.63) is 23.8 Å². The largest absolute Gasteiger partial charge is 0.486 e. The molecule has 2 aliphatic rings. The molecule has 1 N–H and O–H groups in total. The number of piperidine rings is 1. The van der Waals surface area contributed by atoms with Crippen LogP contribution in [0.15, 0.2) is 18.2 Å². The van der Waals surface area contributed by atoms with E-state index in [0.717, 1.165) is 25.1 Å². The van der Waals surface area contributed by atoms with Crippen LogP contribution in [-0.2, 0) is 6.42 Å². The first kappa shape index (κ1) is 13.7. The first-order valence-electron chi connectivity index (χ1n) is 8.11. The minimum atomic E-state index is 0.321. The van der Waals surface area contributed by atoms with Gasteiger partial charge in [-0.05, 0) is 56.5 Å². The van der Waals surface area contributed by atoms with Crippen LogP contribution in [0.25, 0.3) is 0 Å². The van der Waals surface area contributed by atoms with Gasteiger partial charge in [-0.2, -0.15) is 0 Å². The quantitative estimate of drug-likeness (QED) is 0.911. The van der Waals surface area contributed by atoms with E-state index in [1.807, 2.05) is 0 Å². The third-order valence-corrected chi connectivity index (χ3v) is 4.48. The summed E-state index contributed by atoms with van der Waals surface area (Å²) in [5, 5.41) is 3.50. The molecule has 1 aromatic rings. The topological polar surface area (TPSA) is 24.5 Å². The van der Waals surface area contributed by atoms with Gasteiger partial charge < -0.3 is 15.0 Å². The van der Waals surface area contributed by atoms with Gasteiger partial charge in [-0.15, -0.1) is 0 Å². The molecule has 1 fully saturated rings. The number of nitrogens with one attached hydrogen (secondary N) is 1. The SMILES string of the molecule is CCC1CNc2cc(CCN3CCCCC3)ccc2O1. The fraction of sp³-hybridized carbons (Fsp3) is 0.647. The lowest BCUT2D eigenvalue weighted by Gasteiger charge is -2.28. The van der Waals surface area contributed by atoms with E-state index >= 15 is 0 Å². The highest BCUT2D eigenvalue weighted by molar-refractivity contribution is 5.59. The van der Waals surface area contributed by atoms with Crippen LogP contribution in [0.4, 0.5) is 5.69 Å². The van der Waals surface area contributed by atoms with Crippen LogP contribution in [0.2, 0.25) is 0 Å². The van der Waals surface area contributed by atoms with Crippen LogP contribution in [-0.4, -0.2) is 37.2 Å². The number of likely N-dealkylation sites (tertiary alicyclic amines) is 1. The molecule has 0 spiro atoms. The average molecular weight is 274 g/mol. The zero-order valence-electron chi connectivity index (χ0n) is 12.5. The summed E-state index contributed by atoms with van der Waals surface area (Å²) in [6, 6.07) is 6.63. The molecule has 0 aromatic heterocycles. The molecule has 2 heterocycles. The summed E-state index contributed by atoms with van der Waals surface area (Å²) in [6.07, 6.45) is 6.68. The third kappa shape index (κ3) is 3.26. The smallest absolute Gasteiger partial charge is 0.142 e. The highest BCUT2D eigenvalue weighted by Gasteiger charge is 2.18. The normalized spacial score (nSPS) is 22.8. The molecular formula is C17H26N2O. The Morgan fingerprint density at radius 3 is 2.90 bits per heavy atom. The molecule has 1 saturated heterocycles. The predicted molar refractivity (Wildman–Crippen MR) is 83.6 cm³/mol. The number of benzene rings is 1. The lowest BCUT2D eigenvalue weighted by Crippen LogP contribution is -2.31. The summed E-state index contributed by atoms with van der Waals surface area (Å²) in [5.41, 5.74) is 2.59. The highest BCUT2D eigenvalue weighted by Crippen LogP contribution is 2.30. The molecule has 0 amide bonds. The molecule has 0 radical (unpaired) electrons. The second-order valence-electron chi connectivity index (χ2n) is 6.01. The van der Waals surface area contributed by atoms with Gasteiger partial charge in [0.25, 0.3) is 0 Å². The number of hydrogen-bond donors (Lipinski definition) is 1. The van der Waals surface area contributed by atoms with Crippen molar-refractivity contribution >= 4 is 5.69 Å². The van der Waals surface area contributed by atoms with Crippen molar-refractivity contribution in [1.29, 1.82) is 0 Å². The Morgan fingerprint density at radius 2 is 2.10 bits per heavy atom. The fourth-order valence-electron chi connectivity index (χ4n) is 3.12. The standard InChI is InChI=1S/C17H26N2O/c1-2-15-13-18-16-12-14(6-7-17(16)20-15)8-11-19-9-4-3-5-10-19/h6-7,12,15,18H,2-5,8-11,13H2,1H3. The van der Waals surface area contributed by atoms with Gasteiger partial charge in [-0.1, -0.05) is 19.4 Å². The number of ether oxygens (including phenoxy) is 1. The molecule has 3 nitrogen and oxygen atoms in total. The number of anilines is 1. The van der Waals surface area contributed by atoms with Crippen molar-refractivity contribution in [3.63, 3.8) is 0 Å². The maximum Gasteiger partial charge on any atom is 0.142 e. The van der Waals surface area contributed by atoms with E-state index in [0.29, 0.717) is 6.10 Å². The van der Waals surface area contributed by atoms with Crippen molar-refractivity contribution in [2.24, 2.45) is 0 Å². The van der Waals surface area contributed by atoms with E-state index in [1.54, 1.807) is 0 Å². The molecule has 1 atom stereocenters. The monoisotopic (exact) mass is 274 g/mol. The number of fused-ring (bicyclic) bond motifs is 1. The van der Waals surface area contributed by atoms with Gasteiger partial charge in [0.2, 0.25) is 0 Å². The first-order chi connectivity index (χ1) is 9.85. The van der Waals surface area contributed by atoms with Gasteiger partial charge in [0.05, 0.1) is 12.2 Å². The summed E-state index contributed by atoms with van der Waals surface area (Å²) in [6.45, 7) is 6.86. The molecule has 2 aliphatic heterocycles. The minimum Gasteiger partial charge on any atom is -0.486 e. The molecule has 1 unspecified atom stereocenters. The summed E-state index contributed by atoms with van der Waals surface area (Å²) in [7, 11) is 0. The van der Waals surface area contributed by atoms with Gasteiger partial charge in [-0.25, -0.2) is 0 Å². The zero-order valence-corrected chi connectivity index (χ0v) is 12.5. The van der Waals surface area contributed by atoms with Gasteiger partial charge in [0.15, 0.2) is 0 Å². The molecule has 0 bridgehead atoms. The van der Waals surface area contributed by atoms with Gasteiger partial charge >= 0.3 is 0 Å². The van der Waals surface area contributed by atoms with Crippen molar-refractivity contribution in [2.75, 3.05) is 31.5 Å². The fourth-order valence-corrected chi connectivity index (χ4v) is 3.12. The van der Waals surface area contributed by atoms with Crippen LogP contribution in [0.5, 0.6) is 5.75 Å². The second kappa shape index (κ2) is 6.49. The Bertz CT molecular complexity index is 441. The molecule has 3 rings (SSSR count). The van der Waals surface area contributed by atoms with Crippen LogP contribution in [0.1, 0.15) is 38.2 Å². The van der Waals surface area contributed by atoms with E-state index in [9.17, 15) is 0 Å². The van der Waals surface area contributed by atoms with E-state index in [-0.39, 0.29) is 0 Å². The molecule has 0 aliphatic carbocycles. The Morgan fingerprint density at radius 1 is 1.25 bits per heavy atom. The van der Waals surface area contributed by atoms with Crippen LogP contribution in [0.3, 0.4) is 0 Å². The zero-order chi connectivity index (χ0) is 13.8. The van der Waals surface area contributed by atoms with Crippen molar-refractivity contribution in [3.8, 4) is 5.75 Å². The Balaban J connectivity index is 1.58. The Hall–Kier alpha value is -1.22. The molecular weight excluding hydrogens is 248 g/mol. The van der Waals surface area contributed by atoms with E-state index in [1.165, 1.54) is 50.1 Å². The number of hydrogen-bond acceptors (Lipinski definition) is 3. The Labute approximate surface area is 122 Å². The first-order valence-corrected chi connectivity index (χ1v) is 8.11. The molecule has 20 heavy (non-hydrogen) atoms. The highest BCUT2D eigenvalue weighted by atomic mass is 16.5. The van der Waals surface area contributed by atoms with Gasteiger partial charge in [-0.3, -0.25) is 0 Å². The van der Waals surface area contributed by atoms with E-state index in [4.69, 9.17) is 4.74 Å². The minimum absolute atomic E-state index is 0.321. The second-order valence-corrected chi connectivity index (χ2v) is 6.01. The molecule has 110 valence electrons. The van der Waals surface area contributed by atoms with Crippen molar-refractivity contribution < 1.29 is 4.74 Å². The van der Waals surface area contributed by atoms with E-state index in [2.05, 4.69) is 35.3 Å².